The highest BCUT2D eigenvalue weighted by molar-refractivity contribution is 6.01. The van der Waals surface area contributed by atoms with E-state index in [-0.39, 0.29) is 11.9 Å². The Morgan fingerprint density at radius 2 is 2.07 bits per heavy atom. The molecule has 1 atom stereocenters. The molecule has 142 valence electrons. The van der Waals surface area contributed by atoms with Crippen molar-refractivity contribution < 1.29 is 13.9 Å². The van der Waals surface area contributed by atoms with Crippen molar-refractivity contribution in [3.05, 3.63) is 59.5 Å². The molecule has 2 aliphatic heterocycles. The number of carbonyl (C=O) groups excluding carboxylic acids is 1. The highest BCUT2D eigenvalue weighted by atomic mass is 16.5. The maximum absolute atomic E-state index is 13.0. The Hall–Kier alpha value is -2.44. The first-order valence-electron chi connectivity index (χ1n) is 9.51. The van der Waals surface area contributed by atoms with Crippen molar-refractivity contribution in [2.45, 2.75) is 25.8 Å². The molecule has 0 aliphatic carbocycles. The van der Waals surface area contributed by atoms with Crippen molar-refractivity contribution in [2.75, 3.05) is 32.8 Å². The SMILES string of the molecule is Cc1cccc(C2CC(c3ccco3)=NN2C(=O)CCN2CCOCC2)c1. The Bertz CT molecular complexity index is 810. The first-order chi connectivity index (χ1) is 13.2. The monoisotopic (exact) mass is 367 g/mol. The number of ether oxygens (including phenoxy) is 1. The van der Waals surface area contributed by atoms with Gasteiger partial charge >= 0.3 is 0 Å². The fraction of sp³-hybridized carbons (Fsp3) is 0.429. The molecule has 6 heteroatoms. The van der Waals surface area contributed by atoms with Gasteiger partial charge in [-0.15, -0.1) is 0 Å². The molecule has 27 heavy (non-hydrogen) atoms. The molecule has 0 bridgehead atoms. The summed E-state index contributed by atoms with van der Waals surface area (Å²) >= 11 is 0. The summed E-state index contributed by atoms with van der Waals surface area (Å²) in [6.07, 6.45) is 2.76. The first kappa shape index (κ1) is 17.9. The lowest BCUT2D eigenvalue weighted by molar-refractivity contribution is -0.133. The number of benzene rings is 1. The van der Waals surface area contributed by atoms with Crippen LogP contribution in [0.5, 0.6) is 0 Å². The number of morpholine rings is 1. The van der Waals surface area contributed by atoms with Crippen LogP contribution in [0.3, 0.4) is 0 Å². The van der Waals surface area contributed by atoms with E-state index in [0.717, 1.165) is 49.9 Å². The van der Waals surface area contributed by atoms with Crippen molar-refractivity contribution >= 4 is 11.6 Å². The molecule has 6 nitrogen and oxygen atoms in total. The number of hydrogen-bond acceptors (Lipinski definition) is 5. The second-order valence-electron chi connectivity index (χ2n) is 7.10. The van der Waals surface area contributed by atoms with Crippen LogP contribution in [-0.2, 0) is 9.53 Å². The highest BCUT2D eigenvalue weighted by Crippen LogP contribution is 2.33. The molecule has 4 rings (SSSR count). The number of rotatable bonds is 5. The molecule has 1 amide bonds. The van der Waals surface area contributed by atoms with E-state index in [0.29, 0.717) is 12.8 Å². The normalized spacial score (nSPS) is 20.7. The van der Waals surface area contributed by atoms with Crippen molar-refractivity contribution in [1.29, 1.82) is 0 Å². The Kier molecular flexibility index (Phi) is 5.36. The van der Waals surface area contributed by atoms with Crippen molar-refractivity contribution in [2.24, 2.45) is 5.10 Å². The van der Waals surface area contributed by atoms with Gasteiger partial charge in [-0.05, 0) is 24.6 Å². The van der Waals surface area contributed by atoms with Gasteiger partial charge in [0.15, 0.2) is 0 Å². The second kappa shape index (κ2) is 8.06. The lowest BCUT2D eigenvalue weighted by Gasteiger charge is -2.27. The van der Waals surface area contributed by atoms with Gasteiger partial charge in [0.25, 0.3) is 0 Å². The molecule has 3 heterocycles. The van der Waals surface area contributed by atoms with E-state index in [1.807, 2.05) is 18.2 Å². The topological polar surface area (TPSA) is 58.3 Å². The molecule has 1 unspecified atom stereocenters. The Morgan fingerprint density at radius 1 is 1.22 bits per heavy atom. The lowest BCUT2D eigenvalue weighted by Crippen LogP contribution is -2.39. The van der Waals surface area contributed by atoms with Gasteiger partial charge in [0.05, 0.1) is 25.5 Å². The van der Waals surface area contributed by atoms with E-state index in [2.05, 4.69) is 35.1 Å². The summed E-state index contributed by atoms with van der Waals surface area (Å²) in [5, 5.41) is 6.30. The fourth-order valence-electron chi connectivity index (χ4n) is 3.66. The molecule has 1 aromatic heterocycles. The molecule has 0 radical (unpaired) electrons. The molecule has 1 fully saturated rings. The summed E-state index contributed by atoms with van der Waals surface area (Å²) in [5.41, 5.74) is 3.12. The van der Waals surface area contributed by atoms with Crippen LogP contribution < -0.4 is 0 Å². The molecular weight excluding hydrogens is 342 g/mol. The van der Waals surface area contributed by atoms with Gasteiger partial charge in [0, 0.05) is 32.5 Å². The third-order valence-corrected chi connectivity index (χ3v) is 5.14. The van der Waals surface area contributed by atoms with Gasteiger partial charge in [0.2, 0.25) is 5.91 Å². The summed E-state index contributed by atoms with van der Waals surface area (Å²) in [5.74, 6) is 0.783. The zero-order chi connectivity index (χ0) is 18.6. The Labute approximate surface area is 159 Å². The van der Waals surface area contributed by atoms with Gasteiger partial charge < -0.3 is 9.15 Å². The average molecular weight is 367 g/mol. The number of furan rings is 1. The maximum atomic E-state index is 13.0. The molecule has 2 aromatic rings. The van der Waals surface area contributed by atoms with Gasteiger partial charge in [-0.2, -0.15) is 5.10 Å². The summed E-state index contributed by atoms with van der Waals surface area (Å²) in [6.45, 7) is 6.06. The Morgan fingerprint density at radius 3 is 2.81 bits per heavy atom. The summed E-state index contributed by atoms with van der Waals surface area (Å²) in [7, 11) is 0. The van der Waals surface area contributed by atoms with E-state index in [4.69, 9.17) is 9.15 Å². The molecule has 0 saturated carbocycles. The minimum absolute atomic E-state index is 0.0505. The van der Waals surface area contributed by atoms with Gasteiger partial charge in [-0.3, -0.25) is 9.69 Å². The summed E-state index contributed by atoms with van der Waals surface area (Å²) < 4.78 is 10.9. The number of hydrogen-bond donors (Lipinski definition) is 0. The first-order valence-corrected chi connectivity index (χ1v) is 9.51. The number of aryl methyl sites for hydroxylation is 1. The lowest BCUT2D eigenvalue weighted by atomic mass is 9.99. The number of hydrazone groups is 1. The van der Waals surface area contributed by atoms with Gasteiger partial charge in [-0.25, -0.2) is 5.01 Å². The second-order valence-corrected chi connectivity index (χ2v) is 7.10. The minimum Gasteiger partial charge on any atom is -0.463 e. The third kappa shape index (κ3) is 4.12. The minimum atomic E-state index is -0.0813. The molecule has 2 aliphatic rings. The van der Waals surface area contributed by atoms with E-state index >= 15 is 0 Å². The average Bonchev–Trinajstić information content (AvgIpc) is 3.36. The van der Waals surface area contributed by atoms with E-state index in [1.54, 1.807) is 11.3 Å². The van der Waals surface area contributed by atoms with Crippen LogP contribution in [0.25, 0.3) is 0 Å². The van der Waals surface area contributed by atoms with Crippen molar-refractivity contribution in [3.63, 3.8) is 0 Å². The number of amides is 1. The van der Waals surface area contributed by atoms with Gasteiger partial charge in [-0.1, -0.05) is 29.8 Å². The van der Waals surface area contributed by atoms with Gasteiger partial charge in [0.1, 0.15) is 11.5 Å². The van der Waals surface area contributed by atoms with Crippen LogP contribution in [0.15, 0.2) is 52.2 Å². The summed E-state index contributed by atoms with van der Waals surface area (Å²) in [6, 6.07) is 12.0. The zero-order valence-electron chi connectivity index (χ0n) is 15.6. The molecular formula is C21H25N3O3. The van der Waals surface area contributed by atoms with Crippen LogP contribution in [0, 0.1) is 6.92 Å². The van der Waals surface area contributed by atoms with Crippen LogP contribution in [0.1, 0.15) is 35.8 Å². The van der Waals surface area contributed by atoms with Crippen molar-refractivity contribution in [1.82, 2.24) is 9.91 Å². The van der Waals surface area contributed by atoms with E-state index < -0.39 is 0 Å². The third-order valence-electron chi connectivity index (χ3n) is 5.14. The molecule has 0 N–H and O–H groups in total. The number of carbonyl (C=O) groups is 1. The number of nitrogens with zero attached hydrogens (tertiary/aromatic N) is 3. The fourth-order valence-corrected chi connectivity index (χ4v) is 3.66. The highest BCUT2D eigenvalue weighted by Gasteiger charge is 2.34. The van der Waals surface area contributed by atoms with E-state index in [1.165, 1.54) is 5.56 Å². The van der Waals surface area contributed by atoms with Crippen LogP contribution >= 0.6 is 0 Å². The molecule has 1 saturated heterocycles. The smallest absolute Gasteiger partial charge is 0.244 e. The maximum Gasteiger partial charge on any atom is 0.244 e. The quantitative estimate of drug-likeness (QED) is 0.815. The standard InChI is InChI=1S/C21H25N3O3/c1-16-4-2-5-17(14-16)19-15-18(20-6-3-11-27-20)22-24(19)21(25)7-8-23-9-12-26-13-10-23/h2-6,11,14,19H,7-10,12-13,15H2,1H3. The predicted octanol–water partition coefficient (Wildman–Crippen LogP) is 2.99. The predicted molar refractivity (Wildman–Crippen MR) is 103 cm³/mol. The van der Waals surface area contributed by atoms with Crippen LogP contribution in [0.4, 0.5) is 0 Å². The Balaban J connectivity index is 1.52. The summed E-state index contributed by atoms with van der Waals surface area (Å²) in [4.78, 5) is 15.3. The van der Waals surface area contributed by atoms with Crippen LogP contribution in [-0.4, -0.2) is 54.4 Å². The largest absolute Gasteiger partial charge is 0.463 e. The van der Waals surface area contributed by atoms with Crippen LogP contribution in [0.2, 0.25) is 0 Å². The van der Waals surface area contributed by atoms with Crippen molar-refractivity contribution in [3.8, 4) is 0 Å². The molecule has 0 spiro atoms. The zero-order valence-corrected chi connectivity index (χ0v) is 15.6. The van der Waals surface area contributed by atoms with E-state index in [9.17, 15) is 4.79 Å². The molecule has 1 aromatic carbocycles.